The topological polar surface area (TPSA) is 88.2 Å². The van der Waals surface area contributed by atoms with Gasteiger partial charge in [-0.15, -0.1) is 0 Å². The van der Waals surface area contributed by atoms with Crippen LogP contribution in [0.1, 0.15) is 48.0 Å². The fourth-order valence-electron chi connectivity index (χ4n) is 3.07. The lowest BCUT2D eigenvalue weighted by Crippen LogP contribution is -2.36. The van der Waals surface area contributed by atoms with Crippen LogP contribution in [0, 0.1) is 6.92 Å². The van der Waals surface area contributed by atoms with Crippen molar-refractivity contribution >= 4 is 21.6 Å². The average Bonchev–Trinajstić information content (AvgIpc) is 2.63. The number of anilines is 1. The summed E-state index contributed by atoms with van der Waals surface area (Å²) >= 11 is 0. The summed E-state index contributed by atoms with van der Waals surface area (Å²) in [6.45, 7) is 1.89. The molecule has 0 radical (unpaired) electrons. The second-order valence-electron chi connectivity index (χ2n) is 6.69. The molecule has 1 heterocycles. The third-order valence-corrected chi connectivity index (χ3v) is 5.92. The fourth-order valence-corrected chi connectivity index (χ4v) is 4.10. The van der Waals surface area contributed by atoms with Gasteiger partial charge in [0.15, 0.2) is 0 Å². The maximum absolute atomic E-state index is 12.5. The number of aryl methyl sites for hydroxylation is 1. The predicted molar refractivity (Wildman–Crippen MR) is 101 cm³/mol. The molecule has 1 fully saturated rings. The van der Waals surface area contributed by atoms with Crippen molar-refractivity contribution in [1.29, 1.82) is 0 Å². The molecular formula is C19H23N3O3S. The lowest BCUT2D eigenvalue weighted by molar-refractivity contribution is 0.0927. The number of hydrogen-bond acceptors (Lipinski definition) is 4. The molecule has 2 N–H and O–H groups in total. The number of nitrogens with zero attached hydrogens (tertiary/aromatic N) is 1. The molecule has 2 aromatic rings. The summed E-state index contributed by atoms with van der Waals surface area (Å²) in [5, 5.41) is 3.01. The Balaban J connectivity index is 1.72. The smallest absolute Gasteiger partial charge is 0.261 e. The molecule has 1 amide bonds. The van der Waals surface area contributed by atoms with E-state index in [2.05, 4.69) is 15.0 Å². The highest BCUT2D eigenvalue weighted by Crippen LogP contribution is 2.19. The van der Waals surface area contributed by atoms with Crippen molar-refractivity contribution < 1.29 is 13.2 Å². The summed E-state index contributed by atoms with van der Waals surface area (Å²) < 4.78 is 27.4. The van der Waals surface area contributed by atoms with Crippen LogP contribution in [0.5, 0.6) is 0 Å². The Bertz CT molecular complexity index is 873. The first-order valence-electron chi connectivity index (χ1n) is 8.79. The number of benzene rings is 1. The van der Waals surface area contributed by atoms with Gasteiger partial charge in [-0.2, -0.15) is 0 Å². The molecule has 0 bridgehead atoms. The van der Waals surface area contributed by atoms with Gasteiger partial charge in [0.25, 0.3) is 15.9 Å². The standard InChI is InChI=1S/C19H23N3O3S/c1-14-7-9-18(10-8-14)26(24,25)22-17-11-15(12-20-13-17)19(23)21-16-5-3-2-4-6-16/h7-13,16,22H,2-6H2,1H3,(H,21,23). The Morgan fingerprint density at radius 3 is 2.46 bits per heavy atom. The number of hydrogen-bond donors (Lipinski definition) is 2. The van der Waals surface area contributed by atoms with E-state index in [0.29, 0.717) is 5.56 Å². The van der Waals surface area contributed by atoms with Crippen molar-refractivity contribution in [2.75, 3.05) is 4.72 Å². The highest BCUT2D eigenvalue weighted by molar-refractivity contribution is 7.92. The predicted octanol–water partition coefficient (Wildman–Crippen LogP) is 3.25. The van der Waals surface area contributed by atoms with Crippen LogP contribution in [-0.4, -0.2) is 25.4 Å². The monoisotopic (exact) mass is 373 g/mol. The Morgan fingerprint density at radius 1 is 1.08 bits per heavy atom. The van der Waals surface area contributed by atoms with Gasteiger partial charge in [-0.3, -0.25) is 14.5 Å². The van der Waals surface area contributed by atoms with Crippen molar-refractivity contribution in [3.8, 4) is 0 Å². The number of nitrogens with one attached hydrogen (secondary N) is 2. The Morgan fingerprint density at radius 2 is 1.77 bits per heavy atom. The Hall–Kier alpha value is -2.41. The van der Waals surface area contributed by atoms with Crippen molar-refractivity contribution in [3.05, 3.63) is 53.9 Å². The van der Waals surface area contributed by atoms with E-state index in [0.717, 1.165) is 31.2 Å². The molecular weight excluding hydrogens is 350 g/mol. The number of amides is 1. The normalized spacial score (nSPS) is 15.4. The van der Waals surface area contributed by atoms with Crippen LogP contribution in [0.4, 0.5) is 5.69 Å². The van der Waals surface area contributed by atoms with E-state index in [9.17, 15) is 13.2 Å². The molecule has 3 rings (SSSR count). The average molecular weight is 373 g/mol. The Kier molecular flexibility index (Phi) is 5.56. The maximum atomic E-state index is 12.5. The zero-order valence-electron chi connectivity index (χ0n) is 14.7. The summed E-state index contributed by atoms with van der Waals surface area (Å²) in [6.07, 6.45) is 8.27. The van der Waals surface area contributed by atoms with E-state index >= 15 is 0 Å². The molecule has 0 spiro atoms. The van der Waals surface area contributed by atoms with E-state index in [1.165, 1.54) is 24.9 Å². The minimum absolute atomic E-state index is 0.167. The summed E-state index contributed by atoms with van der Waals surface area (Å²) in [5.41, 5.74) is 1.59. The van der Waals surface area contributed by atoms with Gasteiger partial charge in [0, 0.05) is 12.2 Å². The van der Waals surface area contributed by atoms with Crippen molar-refractivity contribution in [2.45, 2.75) is 50.0 Å². The van der Waals surface area contributed by atoms with E-state index in [1.807, 2.05) is 6.92 Å². The number of carbonyl (C=O) groups is 1. The number of rotatable bonds is 5. The highest BCUT2D eigenvalue weighted by Gasteiger charge is 2.18. The number of aromatic nitrogens is 1. The summed E-state index contributed by atoms with van der Waals surface area (Å²) in [7, 11) is -3.72. The minimum Gasteiger partial charge on any atom is -0.349 e. The van der Waals surface area contributed by atoms with Crippen LogP contribution in [0.3, 0.4) is 0 Å². The maximum Gasteiger partial charge on any atom is 0.261 e. The van der Waals surface area contributed by atoms with E-state index < -0.39 is 10.0 Å². The molecule has 6 nitrogen and oxygen atoms in total. The van der Waals surface area contributed by atoms with Crippen molar-refractivity contribution in [3.63, 3.8) is 0 Å². The van der Waals surface area contributed by atoms with Crippen LogP contribution in [-0.2, 0) is 10.0 Å². The third-order valence-electron chi connectivity index (χ3n) is 4.52. The molecule has 7 heteroatoms. The molecule has 1 saturated carbocycles. The minimum atomic E-state index is -3.72. The molecule has 0 atom stereocenters. The third kappa shape index (κ3) is 4.60. The highest BCUT2D eigenvalue weighted by atomic mass is 32.2. The van der Waals surface area contributed by atoms with Crippen molar-refractivity contribution in [2.24, 2.45) is 0 Å². The molecule has 1 aliphatic rings. The molecule has 1 aromatic heterocycles. The first-order chi connectivity index (χ1) is 12.4. The number of pyridine rings is 1. The van der Waals surface area contributed by atoms with Gasteiger partial charge >= 0.3 is 0 Å². The van der Waals surface area contributed by atoms with Gasteiger partial charge < -0.3 is 5.32 Å². The number of sulfonamides is 1. The summed E-state index contributed by atoms with van der Waals surface area (Å²) in [4.78, 5) is 16.6. The van der Waals surface area contributed by atoms with Crippen LogP contribution in [0.15, 0.2) is 47.6 Å². The van der Waals surface area contributed by atoms with Gasteiger partial charge in [0.1, 0.15) is 0 Å². The first-order valence-corrected chi connectivity index (χ1v) is 10.3. The van der Waals surface area contributed by atoms with Crippen LogP contribution >= 0.6 is 0 Å². The van der Waals surface area contributed by atoms with Crippen molar-refractivity contribution in [1.82, 2.24) is 10.3 Å². The molecule has 26 heavy (non-hydrogen) atoms. The van der Waals surface area contributed by atoms with E-state index in [-0.39, 0.29) is 22.5 Å². The lowest BCUT2D eigenvalue weighted by Gasteiger charge is -2.22. The van der Waals surface area contributed by atoms with E-state index in [1.54, 1.807) is 24.3 Å². The number of carbonyl (C=O) groups excluding carboxylic acids is 1. The van der Waals surface area contributed by atoms with Gasteiger partial charge in [0.2, 0.25) is 0 Å². The van der Waals surface area contributed by atoms with E-state index in [4.69, 9.17) is 0 Å². The molecule has 1 aliphatic carbocycles. The van der Waals surface area contributed by atoms with Gasteiger partial charge in [-0.25, -0.2) is 8.42 Å². The Labute approximate surface area is 154 Å². The zero-order chi connectivity index (χ0) is 18.6. The summed E-state index contributed by atoms with van der Waals surface area (Å²) in [6, 6.07) is 8.26. The van der Waals surface area contributed by atoms with Crippen LogP contribution in [0.25, 0.3) is 0 Å². The largest absolute Gasteiger partial charge is 0.349 e. The first kappa shape index (κ1) is 18.4. The quantitative estimate of drug-likeness (QED) is 0.842. The van der Waals surface area contributed by atoms with Crippen LogP contribution < -0.4 is 10.0 Å². The summed E-state index contributed by atoms with van der Waals surface area (Å²) in [5.74, 6) is -0.221. The molecule has 0 saturated heterocycles. The fraction of sp³-hybridized carbons (Fsp3) is 0.368. The molecule has 0 unspecified atom stereocenters. The second-order valence-corrected chi connectivity index (χ2v) is 8.37. The van der Waals surface area contributed by atoms with Gasteiger partial charge in [-0.1, -0.05) is 37.0 Å². The van der Waals surface area contributed by atoms with Crippen LogP contribution in [0.2, 0.25) is 0 Å². The molecule has 138 valence electrons. The molecule has 0 aliphatic heterocycles. The lowest BCUT2D eigenvalue weighted by atomic mass is 9.95. The van der Waals surface area contributed by atoms with Gasteiger partial charge in [0.05, 0.1) is 22.3 Å². The zero-order valence-corrected chi connectivity index (χ0v) is 15.6. The second kappa shape index (κ2) is 7.86. The molecule has 1 aromatic carbocycles. The SMILES string of the molecule is Cc1ccc(S(=O)(=O)Nc2cncc(C(=O)NC3CCCCC3)c2)cc1. The van der Waals surface area contributed by atoms with Gasteiger partial charge in [-0.05, 0) is 38.0 Å².